The van der Waals surface area contributed by atoms with Gasteiger partial charge in [-0.15, -0.1) is 0 Å². The highest BCUT2D eigenvalue weighted by molar-refractivity contribution is 5.77. The third-order valence-electron chi connectivity index (χ3n) is 2.79. The van der Waals surface area contributed by atoms with Crippen LogP contribution in [0.4, 0.5) is 0 Å². The second-order valence-corrected chi connectivity index (χ2v) is 3.89. The summed E-state index contributed by atoms with van der Waals surface area (Å²) >= 11 is 0. The number of methoxy groups -OCH3 is 3. The zero-order chi connectivity index (χ0) is 15.1. The number of carbonyl (C=O) groups excluding carboxylic acids is 1. The Morgan fingerprint density at radius 2 is 1.80 bits per heavy atom. The molecule has 110 valence electrons. The minimum absolute atomic E-state index is 0.0322. The molecule has 7 nitrogen and oxygen atoms in total. The van der Waals surface area contributed by atoms with Crippen molar-refractivity contribution in [3.8, 4) is 17.2 Å². The lowest BCUT2D eigenvalue weighted by atomic mass is 10.0. The maximum Gasteiger partial charge on any atom is 0.326 e. The minimum Gasteiger partial charge on any atom is -0.496 e. The van der Waals surface area contributed by atoms with Crippen LogP contribution in [0.25, 0.3) is 0 Å². The predicted octanol–water partition coefficient (Wildman–Crippen LogP) is 0.454. The summed E-state index contributed by atoms with van der Waals surface area (Å²) in [6.07, 6.45) is 0.381. The molecule has 1 unspecified atom stereocenters. The van der Waals surface area contributed by atoms with Crippen LogP contribution in [0.1, 0.15) is 5.56 Å². The molecule has 0 aliphatic carbocycles. The van der Waals surface area contributed by atoms with E-state index in [1.165, 1.54) is 21.3 Å². The fourth-order valence-corrected chi connectivity index (χ4v) is 1.78. The van der Waals surface area contributed by atoms with Crippen molar-refractivity contribution >= 4 is 12.4 Å². The molecular formula is C13H17NO6. The van der Waals surface area contributed by atoms with Crippen LogP contribution in [-0.4, -0.2) is 44.9 Å². The van der Waals surface area contributed by atoms with Gasteiger partial charge >= 0.3 is 5.97 Å². The van der Waals surface area contributed by atoms with Gasteiger partial charge in [0.25, 0.3) is 0 Å². The summed E-state index contributed by atoms with van der Waals surface area (Å²) in [5.74, 6) is 0.245. The smallest absolute Gasteiger partial charge is 0.326 e. The molecule has 0 aromatic heterocycles. The number of benzene rings is 1. The molecule has 0 bridgehead atoms. The average Bonchev–Trinajstić information content (AvgIpc) is 2.46. The summed E-state index contributed by atoms with van der Waals surface area (Å²) in [7, 11) is 4.42. The van der Waals surface area contributed by atoms with Crippen LogP contribution in [0.15, 0.2) is 12.1 Å². The first kappa shape index (κ1) is 15.6. The van der Waals surface area contributed by atoms with Crippen molar-refractivity contribution in [2.24, 2.45) is 0 Å². The average molecular weight is 283 g/mol. The van der Waals surface area contributed by atoms with Crippen LogP contribution in [0.3, 0.4) is 0 Å². The highest BCUT2D eigenvalue weighted by atomic mass is 16.5. The molecule has 7 heteroatoms. The Morgan fingerprint density at radius 1 is 1.25 bits per heavy atom. The quantitative estimate of drug-likeness (QED) is 0.673. The van der Waals surface area contributed by atoms with E-state index in [4.69, 9.17) is 19.3 Å². The Bertz CT molecular complexity index is 463. The van der Waals surface area contributed by atoms with E-state index in [1.807, 2.05) is 0 Å². The number of aliphatic carboxylic acids is 1. The third-order valence-corrected chi connectivity index (χ3v) is 2.79. The van der Waals surface area contributed by atoms with Gasteiger partial charge in [0.15, 0.2) is 0 Å². The maximum absolute atomic E-state index is 11.1. The molecular weight excluding hydrogens is 266 g/mol. The van der Waals surface area contributed by atoms with Crippen LogP contribution >= 0.6 is 0 Å². The summed E-state index contributed by atoms with van der Waals surface area (Å²) < 4.78 is 15.5. The van der Waals surface area contributed by atoms with Gasteiger partial charge in [0.2, 0.25) is 6.41 Å². The third kappa shape index (κ3) is 3.53. The Kier molecular flexibility index (Phi) is 5.64. The monoisotopic (exact) mass is 283 g/mol. The number of carboxylic acid groups (broad SMARTS) is 1. The first-order chi connectivity index (χ1) is 9.57. The van der Waals surface area contributed by atoms with Crippen molar-refractivity contribution in [3.05, 3.63) is 17.7 Å². The first-order valence-electron chi connectivity index (χ1n) is 5.78. The Hall–Kier alpha value is -2.44. The summed E-state index contributed by atoms with van der Waals surface area (Å²) in [6.45, 7) is 0. The van der Waals surface area contributed by atoms with E-state index in [0.717, 1.165) is 0 Å². The molecule has 0 aliphatic rings. The van der Waals surface area contributed by atoms with Crippen LogP contribution in [0.2, 0.25) is 0 Å². The Balaban J connectivity index is 3.20. The van der Waals surface area contributed by atoms with Gasteiger partial charge in [-0.1, -0.05) is 0 Å². The zero-order valence-electron chi connectivity index (χ0n) is 11.5. The fourth-order valence-electron chi connectivity index (χ4n) is 1.78. The summed E-state index contributed by atoms with van der Waals surface area (Å²) in [5, 5.41) is 11.3. The van der Waals surface area contributed by atoms with E-state index in [-0.39, 0.29) is 6.42 Å². The molecule has 0 saturated heterocycles. The van der Waals surface area contributed by atoms with Gasteiger partial charge in [-0.25, -0.2) is 4.79 Å². The largest absolute Gasteiger partial charge is 0.496 e. The van der Waals surface area contributed by atoms with E-state index in [2.05, 4.69) is 5.32 Å². The molecule has 0 fully saturated rings. The van der Waals surface area contributed by atoms with E-state index >= 15 is 0 Å². The molecule has 2 N–H and O–H groups in total. The number of hydrogen-bond donors (Lipinski definition) is 2. The van der Waals surface area contributed by atoms with Gasteiger partial charge in [-0.3, -0.25) is 4.79 Å². The van der Waals surface area contributed by atoms with E-state index < -0.39 is 12.0 Å². The number of carboxylic acids is 1. The number of amides is 1. The van der Waals surface area contributed by atoms with Gasteiger partial charge in [-0.05, 0) is 0 Å². The van der Waals surface area contributed by atoms with Gasteiger partial charge in [-0.2, -0.15) is 0 Å². The molecule has 0 heterocycles. The highest BCUT2D eigenvalue weighted by Crippen LogP contribution is 2.34. The van der Waals surface area contributed by atoms with E-state index in [1.54, 1.807) is 12.1 Å². The van der Waals surface area contributed by atoms with Gasteiger partial charge in [0.05, 0.1) is 21.3 Å². The van der Waals surface area contributed by atoms with Crippen molar-refractivity contribution in [1.29, 1.82) is 0 Å². The van der Waals surface area contributed by atoms with Crippen molar-refractivity contribution in [2.75, 3.05) is 21.3 Å². The number of ether oxygens (including phenoxy) is 3. The lowest BCUT2D eigenvalue weighted by Crippen LogP contribution is -2.37. The highest BCUT2D eigenvalue weighted by Gasteiger charge is 2.22. The summed E-state index contributed by atoms with van der Waals surface area (Å²) in [4.78, 5) is 21.6. The van der Waals surface area contributed by atoms with E-state index in [0.29, 0.717) is 29.2 Å². The van der Waals surface area contributed by atoms with Crippen LogP contribution in [-0.2, 0) is 16.0 Å². The molecule has 0 saturated carbocycles. The second-order valence-electron chi connectivity index (χ2n) is 3.89. The Labute approximate surface area is 116 Å². The standard InChI is InChI=1S/C13H17NO6/c1-18-8-4-11(19-2)9(12(5-8)20-3)6-10(13(16)17)14-7-15/h4-5,7,10H,6H2,1-3H3,(H,14,15)(H,16,17). The Morgan fingerprint density at radius 3 is 2.15 bits per heavy atom. The number of hydrogen-bond acceptors (Lipinski definition) is 5. The number of rotatable bonds is 8. The lowest BCUT2D eigenvalue weighted by molar-refractivity contribution is -0.140. The topological polar surface area (TPSA) is 94.1 Å². The molecule has 1 amide bonds. The van der Waals surface area contributed by atoms with Crippen LogP contribution in [0, 0.1) is 0 Å². The molecule has 1 rings (SSSR count). The van der Waals surface area contributed by atoms with Crippen molar-refractivity contribution in [2.45, 2.75) is 12.5 Å². The first-order valence-corrected chi connectivity index (χ1v) is 5.78. The molecule has 1 aromatic carbocycles. The molecule has 1 atom stereocenters. The van der Waals surface area contributed by atoms with Crippen molar-refractivity contribution in [1.82, 2.24) is 5.32 Å². The van der Waals surface area contributed by atoms with Crippen LogP contribution < -0.4 is 19.5 Å². The predicted molar refractivity (Wildman–Crippen MR) is 70.4 cm³/mol. The normalized spacial score (nSPS) is 11.3. The summed E-state index contributed by atoms with van der Waals surface area (Å²) in [5.41, 5.74) is 0.539. The summed E-state index contributed by atoms with van der Waals surface area (Å²) in [6, 6.07) is 2.18. The maximum atomic E-state index is 11.1. The number of nitrogens with one attached hydrogen (secondary N) is 1. The number of carbonyl (C=O) groups is 2. The minimum atomic E-state index is -1.14. The SMILES string of the molecule is COc1cc(OC)c(CC(NC=O)C(=O)O)c(OC)c1. The van der Waals surface area contributed by atoms with Gasteiger partial charge in [0, 0.05) is 24.1 Å². The molecule has 1 aromatic rings. The van der Waals surface area contributed by atoms with Gasteiger partial charge < -0.3 is 24.6 Å². The zero-order valence-corrected chi connectivity index (χ0v) is 11.5. The van der Waals surface area contributed by atoms with Crippen LogP contribution in [0.5, 0.6) is 17.2 Å². The second kappa shape index (κ2) is 7.22. The fraction of sp³-hybridized carbons (Fsp3) is 0.385. The lowest BCUT2D eigenvalue weighted by Gasteiger charge is -2.18. The molecule has 0 radical (unpaired) electrons. The van der Waals surface area contributed by atoms with Crippen molar-refractivity contribution < 1.29 is 28.9 Å². The van der Waals surface area contributed by atoms with Crippen molar-refractivity contribution in [3.63, 3.8) is 0 Å². The van der Waals surface area contributed by atoms with Gasteiger partial charge in [0.1, 0.15) is 23.3 Å². The van der Waals surface area contributed by atoms with E-state index in [9.17, 15) is 9.59 Å². The molecule has 0 spiro atoms. The molecule has 20 heavy (non-hydrogen) atoms. The molecule has 0 aliphatic heterocycles.